The molecular formula is C30H48O2. The zero-order chi connectivity index (χ0) is 23.4. The molecule has 32 heavy (non-hydrogen) atoms. The lowest BCUT2D eigenvalue weighted by Crippen LogP contribution is -2.35. The Hall–Kier alpha value is -1.12. The molecule has 0 heterocycles. The fourth-order valence-corrected chi connectivity index (χ4v) is 6.98. The molecule has 3 aliphatic carbocycles. The monoisotopic (exact) mass is 440 g/mol. The van der Waals surface area contributed by atoms with Crippen molar-refractivity contribution in [2.45, 2.75) is 110 Å². The Morgan fingerprint density at radius 3 is 2.62 bits per heavy atom. The van der Waals surface area contributed by atoms with Gasteiger partial charge in [-0.05, 0) is 112 Å². The summed E-state index contributed by atoms with van der Waals surface area (Å²) in [4.78, 5) is 0. The topological polar surface area (TPSA) is 29.5 Å². The van der Waals surface area contributed by atoms with Crippen molar-refractivity contribution >= 4 is 0 Å². The van der Waals surface area contributed by atoms with Crippen LogP contribution in [0, 0.1) is 17.3 Å². The van der Waals surface area contributed by atoms with E-state index in [9.17, 15) is 5.11 Å². The minimum absolute atomic E-state index is 0.295. The van der Waals surface area contributed by atoms with Gasteiger partial charge >= 0.3 is 0 Å². The van der Waals surface area contributed by atoms with E-state index in [4.69, 9.17) is 4.74 Å². The molecule has 2 nitrogen and oxygen atoms in total. The van der Waals surface area contributed by atoms with Crippen LogP contribution in [0.2, 0.25) is 0 Å². The van der Waals surface area contributed by atoms with Gasteiger partial charge in [0.15, 0.2) is 0 Å². The Morgan fingerprint density at radius 2 is 1.94 bits per heavy atom. The normalized spacial score (nSPS) is 33.2. The Balaban J connectivity index is 1.72. The standard InChI is InChI=1S/C30H48O2/c1-7-17-29(5,31)21-32-20-23(4)27-15-16-28-25(13-11-18-30(27,28)6)19-24(8-2)26-14-10-9-12-22(26)3/h19,27-28,31H,3-4,7-18,20-21H2,1-2,5-6H3/t27-,28+,29?,30-/m1/s1. The number of hydrogen-bond acceptors (Lipinski definition) is 2. The van der Waals surface area contributed by atoms with Gasteiger partial charge in [-0.1, -0.05) is 57.6 Å². The van der Waals surface area contributed by atoms with Crippen molar-refractivity contribution < 1.29 is 9.84 Å². The summed E-state index contributed by atoms with van der Waals surface area (Å²) in [5.74, 6) is 1.19. The fraction of sp³-hybridized carbons (Fsp3) is 0.733. The summed E-state index contributed by atoms with van der Waals surface area (Å²) < 4.78 is 5.97. The summed E-state index contributed by atoms with van der Waals surface area (Å²) in [6.07, 6.45) is 16.8. The van der Waals surface area contributed by atoms with Crippen LogP contribution in [0.25, 0.3) is 0 Å². The van der Waals surface area contributed by atoms with Gasteiger partial charge in [-0.3, -0.25) is 0 Å². The van der Waals surface area contributed by atoms with Gasteiger partial charge in [-0.25, -0.2) is 0 Å². The van der Waals surface area contributed by atoms with Crippen LogP contribution in [-0.2, 0) is 4.74 Å². The van der Waals surface area contributed by atoms with Crippen LogP contribution in [0.3, 0.4) is 0 Å². The number of ether oxygens (including phenoxy) is 1. The van der Waals surface area contributed by atoms with E-state index in [2.05, 4.69) is 40.0 Å². The lowest BCUT2D eigenvalue weighted by Gasteiger charge is -2.43. The highest BCUT2D eigenvalue weighted by Gasteiger charge is 2.50. The summed E-state index contributed by atoms with van der Waals surface area (Å²) >= 11 is 0. The van der Waals surface area contributed by atoms with Crippen molar-refractivity contribution in [3.63, 3.8) is 0 Å². The lowest BCUT2D eigenvalue weighted by atomic mass is 9.62. The van der Waals surface area contributed by atoms with Crippen molar-refractivity contribution in [1.82, 2.24) is 0 Å². The van der Waals surface area contributed by atoms with Crippen molar-refractivity contribution in [3.8, 4) is 0 Å². The number of fused-ring (bicyclic) bond motifs is 1. The summed E-state index contributed by atoms with van der Waals surface area (Å²) in [5, 5.41) is 10.4. The van der Waals surface area contributed by atoms with Crippen LogP contribution in [0.1, 0.15) is 105 Å². The molecule has 0 bridgehead atoms. The van der Waals surface area contributed by atoms with E-state index in [1.54, 1.807) is 16.7 Å². The van der Waals surface area contributed by atoms with Gasteiger partial charge in [0.25, 0.3) is 0 Å². The molecule has 2 heteroatoms. The molecular weight excluding hydrogens is 392 g/mol. The summed E-state index contributed by atoms with van der Waals surface area (Å²) in [5.41, 5.74) is 6.98. The van der Waals surface area contributed by atoms with Crippen LogP contribution in [0.15, 0.2) is 47.1 Å². The predicted octanol–water partition coefficient (Wildman–Crippen LogP) is 8.09. The molecule has 3 rings (SSSR count). The van der Waals surface area contributed by atoms with E-state index in [1.165, 1.54) is 68.9 Å². The minimum Gasteiger partial charge on any atom is -0.388 e. The first kappa shape index (κ1) is 25.5. The molecule has 0 radical (unpaired) electrons. The van der Waals surface area contributed by atoms with E-state index in [1.807, 2.05) is 6.92 Å². The van der Waals surface area contributed by atoms with Gasteiger partial charge < -0.3 is 9.84 Å². The molecule has 0 aromatic rings. The van der Waals surface area contributed by atoms with Gasteiger partial charge in [-0.15, -0.1) is 0 Å². The second-order valence-electron chi connectivity index (χ2n) is 11.3. The molecule has 0 aliphatic heterocycles. The summed E-state index contributed by atoms with van der Waals surface area (Å²) in [6.45, 7) is 18.7. The maximum absolute atomic E-state index is 10.4. The van der Waals surface area contributed by atoms with E-state index in [0.717, 1.165) is 19.3 Å². The molecule has 1 N–H and O–H groups in total. The first-order valence-electron chi connectivity index (χ1n) is 13.3. The number of rotatable bonds is 9. The average Bonchev–Trinajstić information content (AvgIpc) is 3.10. The number of allylic oxidation sites excluding steroid dienone is 5. The smallest absolute Gasteiger partial charge is 0.0852 e. The van der Waals surface area contributed by atoms with Crippen molar-refractivity contribution in [2.75, 3.05) is 13.2 Å². The van der Waals surface area contributed by atoms with E-state index < -0.39 is 5.60 Å². The second-order valence-corrected chi connectivity index (χ2v) is 11.3. The van der Waals surface area contributed by atoms with Gasteiger partial charge in [0.2, 0.25) is 0 Å². The Morgan fingerprint density at radius 1 is 1.19 bits per heavy atom. The highest BCUT2D eigenvalue weighted by Crippen LogP contribution is 2.59. The fourth-order valence-electron chi connectivity index (χ4n) is 6.98. The van der Waals surface area contributed by atoms with E-state index in [-0.39, 0.29) is 0 Å². The number of hydrogen-bond donors (Lipinski definition) is 1. The summed E-state index contributed by atoms with van der Waals surface area (Å²) in [7, 11) is 0. The summed E-state index contributed by atoms with van der Waals surface area (Å²) in [6, 6.07) is 0. The Labute approximate surface area is 197 Å². The van der Waals surface area contributed by atoms with Crippen molar-refractivity contribution in [2.24, 2.45) is 17.3 Å². The van der Waals surface area contributed by atoms with Gasteiger partial charge in [0.1, 0.15) is 0 Å². The van der Waals surface area contributed by atoms with Gasteiger partial charge in [0.05, 0.1) is 18.8 Å². The highest BCUT2D eigenvalue weighted by molar-refractivity contribution is 5.42. The molecule has 3 fully saturated rings. The minimum atomic E-state index is -0.731. The Bertz CT molecular complexity index is 753. The number of aliphatic hydroxyl groups is 1. The zero-order valence-corrected chi connectivity index (χ0v) is 21.4. The molecule has 0 saturated heterocycles. The first-order chi connectivity index (χ1) is 15.2. The predicted molar refractivity (Wildman–Crippen MR) is 137 cm³/mol. The molecule has 0 spiro atoms. The third-order valence-corrected chi connectivity index (χ3v) is 8.66. The third kappa shape index (κ3) is 5.68. The quantitative estimate of drug-likeness (QED) is 0.367. The molecule has 4 atom stereocenters. The van der Waals surface area contributed by atoms with Gasteiger partial charge in [-0.2, -0.15) is 0 Å². The van der Waals surface area contributed by atoms with Crippen molar-refractivity contribution in [3.05, 3.63) is 47.1 Å². The first-order valence-corrected chi connectivity index (χ1v) is 13.3. The molecule has 1 unspecified atom stereocenters. The van der Waals surface area contributed by atoms with E-state index >= 15 is 0 Å². The largest absolute Gasteiger partial charge is 0.388 e. The zero-order valence-electron chi connectivity index (χ0n) is 21.4. The lowest BCUT2D eigenvalue weighted by molar-refractivity contribution is -0.0357. The molecule has 0 aromatic carbocycles. The second kappa shape index (κ2) is 10.9. The maximum Gasteiger partial charge on any atom is 0.0852 e. The molecule has 3 aliphatic rings. The maximum atomic E-state index is 10.4. The Kier molecular flexibility index (Phi) is 8.66. The van der Waals surface area contributed by atoms with Crippen LogP contribution in [-0.4, -0.2) is 23.9 Å². The average molecular weight is 441 g/mol. The molecule has 3 saturated carbocycles. The van der Waals surface area contributed by atoms with Crippen LogP contribution in [0.4, 0.5) is 0 Å². The van der Waals surface area contributed by atoms with Crippen molar-refractivity contribution in [1.29, 1.82) is 0 Å². The van der Waals surface area contributed by atoms with Crippen LogP contribution in [0.5, 0.6) is 0 Å². The SMILES string of the molecule is C=C1CCCCC1=C(C=C1CCC[C@]2(C)[C@@H](C(=C)COCC(C)(O)CCC)CC[C@@H]12)CC. The highest BCUT2D eigenvalue weighted by atomic mass is 16.5. The van der Waals surface area contributed by atoms with Gasteiger partial charge in [0, 0.05) is 0 Å². The molecule has 0 amide bonds. The van der Waals surface area contributed by atoms with Crippen LogP contribution < -0.4 is 0 Å². The van der Waals surface area contributed by atoms with Crippen LogP contribution >= 0.6 is 0 Å². The third-order valence-electron chi connectivity index (χ3n) is 8.66. The molecule has 180 valence electrons. The van der Waals surface area contributed by atoms with E-state index in [0.29, 0.717) is 30.5 Å². The molecule has 0 aromatic heterocycles.